The maximum absolute atomic E-state index is 11.9. The molecule has 1 unspecified atom stereocenters. The van der Waals surface area contributed by atoms with Crippen LogP contribution < -0.4 is 4.87 Å². The molecule has 0 amide bonds. The molecule has 1 atom stereocenters. The Morgan fingerprint density at radius 3 is 2.56 bits per heavy atom. The monoisotopic (exact) mass is 239 g/mol. The van der Waals surface area contributed by atoms with E-state index in [1.165, 1.54) is 28.3 Å². The molecule has 0 N–H and O–H groups in total. The first-order chi connectivity index (χ1) is 7.50. The highest BCUT2D eigenvalue weighted by atomic mass is 32.1. The van der Waals surface area contributed by atoms with E-state index in [2.05, 4.69) is 27.7 Å². The molecular formula is C13H21NOS. The predicted molar refractivity (Wildman–Crippen MR) is 69.3 cm³/mol. The van der Waals surface area contributed by atoms with Gasteiger partial charge in [0.15, 0.2) is 0 Å². The molecule has 1 aromatic rings. The average Bonchev–Trinajstić information content (AvgIpc) is 2.51. The van der Waals surface area contributed by atoms with Crippen LogP contribution in [0.2, 0.25) is 0 Å². The lowest BCUT2D eigenvalue weighted by Crippen LogP contribution is -2.23. The quantitative estimate of drug-likeness (QED) is 0.776. The van der Waals surface area contributed by atoms with Crippen LogP contribution in [-0.2, 0) is 12.8 Å². The lowest BCUT2D eigenvalue weighted by atomic mass is 9.83. The molecular weight excluding hydrogens is 218 g/mol. The largest absolute Gasteiger partial charge is 0.307 e. The SMILES string of the molecule is CC(C)C1CCc2c(sc(=O)n2C(C)C)C1. The molecule has 0 aliphatic heterocycles. The Kier molecular flexibility index (Phi) is 3.24. The summed E-state index contributed by atoms with van der Waals surface area (Å²) in [6.45, 7) is 8.78. The Hall–Kier alpha value is -0.570. The summed E-state index contributed by atoms with van der Waals surface area (Å²) in [5.74, 6) is 1.50. The Bertz CT molecular complexity index is 428. The van der Waals surface area contributed by atoms with Crippen LogP contribution in [0.5, 0.6) is 0 Å². The molecule has 1 heterocycles. The molecule has 3 heteroatoms. The van der Waals surface area contributed by atoms with Crippen LogP contribution in [-0.4, -0.2) is 4.57 Å². The van der Waals surface area contributed by atoms with Crippen molar-refractivity contribution in [2.24, 2.45) is 11.8 Å². The van der Waals surface area contributed by atoms with Gasteiger partial charge in [0.2, 0.25) is 0 Å². The fourth-order valence-corrected chi connectivity index (χ4v) is 3.88. The van der Waals surface area contributed by atoms with Crippen LogP contribution in [0, 0.1) is 11.8 Å². The normalized spacial score (nSPS) is 20.5. The summed E-state index contributed by atoms with van der Waals surface area (Å²) in [7, 11) is 0. The maximum Gasteiger partial charge on any atom is 0.307 e. The van der Waals surface area contributed by atoms with Crippen molar-refractivity contribution in [2.75, 3.05) is 0 Å². The summed E-state index contributed by atoms with van der Waals surface area (Å²) in [6.07, 6.45) is 3.45. The van der Waals surface area contributed by atoms with E-state index < -0.39 is 0 Å². The highest BCUT2D eigenvalue weighted by molar-refractivity contribution is 7.09. The van der Waals surface area contributed by atoms with Gasteiger partial charge in [-0.25, -0.2) is 0 Å². The number of fused-ring (bicyclic) bond motifs is 1. The van der Waals surface area contributed by atoms with Gasteiger partial charge in [0.05, 0.1) is 0 Å². The van der Waals surface area contributed by atoms with E-state index in [0.29, 0.717) is 6.04 Å². The number of hydrogen-bond acceptors (Lipinski definition) is 2. The van der Waals surface area contributed by atoms with Crippen LogP contribution in [0.15, 0.2) is 4.79 Å². The zero-order valence-electron chi connectivity index (χ0n) is 10.6. The molecule has 2 nitrogen and oxygen atoms in total. The van der Waals surface area contributed by atoms with Crippen LogP contribution in [0.1, 0.15) is 50.7 Å². The summed E-state index contributed by atoms with van der Waals surface area (Å²) in [6, 6.07) is 0.308. The van der Waals surface area contributed by atoms with Gasteiger partial charge in [0, 0.05) is 16.6 Å². The van der Waals surface area contributed by atoms with Gasteiger partial charge in [-0.05, 0) is 44.9 Å². The molecule has 0 saturated heterocycles. The van der Waals surface area contributed by atoms with Crippen LogP contribution in [0.25, 0.3) is 0 Å². The first kappa shape index (κ1) is 11.9. The van der Waals surface area contributed by atoms with E-state index in [1.807, 2.05) is 4.57 Å². The Labute approximate surface area is 101 Å². The standard InChI is InChI=1S/C13H21NOS/c1-8(2)10-5-6-11-12(7-10)16-13(15)14(11)9(3)4/h8-10H,5-7H2,1-4H3. The van der Waals surface area contributed by atoms with Crippen molar-refractivity contribution in [1.82, 2.24) is 4.57 Å². The predicted octanol–water partition coefficient (Wildman–Crippen LogP) is 3.25. The van der Waals surface area contributed by atoms with E-state index in [0.717, 1.165) is 24.7 Å². The minimum Gasteiger partial charge on any atom is -0.300 e. The van der Waals surface area contributed by atoms with Gasteiger partial charge in [-0.15, -0.1) is 0 Å². The van der Waals surface area contributed by atoms with E-state index in [-0.39, 0.29) is 4.87 Å². The average molecular weight is 239 g/mol. The van der Waals surface area contributed by atoms with E-state index in [1.54, 1.807) is 0 Å². The lowest BCUT2D eigenvalue weighted by Gasteiger charge is -2.26. The van der Waals surface area contributed by atoms with Crippen molar-refractivity contribution in [3.8, 4) is 0 Å². The van der Waals surface area contributed by atoms with Gasteiger partial charge in [-0.1, -0.05) is 25.2 Å². The zero-order valence-corrected chi connectivity index (χ0v) is 11.4. The number of rotatable bonds is 2. The Morgan fingerprint density at radius 1 is 1.31 bits per heavy atom. The zero-order chi connectivity index (χ0) is 11.9. The number of thiazole rings is 1. The third-order valence-corrected chi connectivity index (χ3v) is 4.70. The smallest absolute Gasteiger partial charge is 0.300 e. The number of hydrogen-bond donors (Lipinski definition) is 0. The maximum atomic E-state index is 11.9. The Morgan fingerprint density at radius 2 is 2.00 bits per heavy atom. The van der Waals surface area contributed by atoms with Gasteiger partial charge in [0.25, 0.3) is 0 Å². The van der Waals surface area contributed by atoms with Gasteiger partial charge < -0.3 is 4.57 Å². The molecule has 2 rings (SSSR count). The molecule has 0 aromatic carbocycles. The highest BCUT2D eigenvalue weighted by Gasteiger charge is 2.26. The van der Waals surface area contributed by atoms with E-state index >= 15 is 0 Å². The van der Waals surface area contributed by atoms with Crippen molar-refractivity contribution >= 4 is 11.3 Å². The molecule has 0 bridgehead atoms. The second-order valence-corrected chi connectivity index (χ2v) is 6.49. The van der Waals surface area contributed by atoms with Crippen molar-refractivity contribution in [3.63, 3.8) is 0 Å². The third kappa shape index (κ3) is 1.97. The molecule has 0 spiro atoms. The molecule has 1 aromatic heterocycles. The summed E-state index contributed by atoms with van der Waals surface area (Å²) in [5, 5.41) is 0. The van der Waals surface area contributed by atoms with Gasteiger partial charge in [-0.2, -0.15) is 0 Å². The van der Waals surface area contributed by atoms with Gasteiger partial charge in [0.1, 0.15) is 0 Å². The molecule has 0 saturated carbocycles. The minimum atomic E-state index is 0.240. The lowest BCUT2D eigenvalue weighted by molar-refractivity contribution is 0.337. The molecule has 0 fully saturated rings. The summed E-state index contributed by atoms with van der Waals surface area (Å²) < 4.78 is 2.00. The topological polar surface area (TPSA) is 22.0 Å². The molecule has 90 valence electrons. The molecule has 1 aliphatic carbocycles. The second-order valence-electron chi connectivity index (χ2n) is 5.45. The first-order valence-corrected chi connectivity index (χ1v) is 7.05. The minimum absolute atomic E-state index is 0.240. The van der Waals surface area contributed by atoms with Crippen molar-refractivity contribution in [1.29, 1.82) is 0 Å². The van der Waals surface area contributed by atoms with Crippen molar-refractivity contribution in [2.45, 2.75) is 53.0 Å². The van der Waals surface area contributed by atoms with E-state index in [9.17, 15) is 4.79 Å². The number of nitrogens with zero attached hydrogens (tertiary/aromatic N) is 1. The summed E-state index contributed by atoms with van der Waals surface area (Å²) in [5.41, 5.74) is 1.32. The third-order valence-electron chi connectivity index (χ3n) is 3.68. The fraction of sp³-hybridized carbons (Fsp3) is 0.769. The van der Waals surface area contributed by atoms with Crippen LogP contribution in [0.3, 0.4) is 0 Å². The first-order valence-electron chi connectivity index (χ1n) is 6.23. The van der Waals surface area contributed by atoms with Gasteiger partial charge >= 0.3 is 4.87 Å². The van der Waals surface area contributed by atoms with Crippen LogP contribution in [0.4, 0.5) is 0 Å². The van der Waals surface area contributed by atoms with E-state index in [4.69, 9.17) is 0 Å². The second kappa shape index (κ2) is 4.36. The molecule has 0 radical (unpaired) electrons. The van der Waals surface area contributed by atoms with Gasteiger partial charge in [-0.3, -0.25) is 4.79 Å². The van der Waals surface area contributed by atoms with Crippen molar-refractivity contribution in [3.05, 3.63) is 20.2 Å². The fourth-order valence-electron chi connectivity index (χ4n) is 2.63. The highest BCUT2D eigenvalue weighted by Crippen LogP contribution is 2.32. The summed E-state index contributed by atoms with van der Waals surface area (Å²) >= 11 is 1.47. The molecule has 16 heavy (non-hydrogen) atoms. The number of aromatic nitrogens is 1. The summed E-state index contributed by atoms with van der Waals surface area (Å²) in [4.78, 5) is 13.5. The van der Waals surface area contributed by atoms with Crippen molar-refractivity contribution < 1.29 is 0 Å². The van der Waals surface area contributed by atoms with Crippen LogP contribution >= 0.6 is 11.3 Å². The molecule has 1 aliphatic rings. The Balaban J connectivity index is 2.36.